The summed E-state index contributed by atoms with van der Waals surface area (Å²) in [5, 5.41) is 13.1. The molecule has 0 unspecified atom stereocenters. The molecule has 180 valence electrons. The van der Waals surface area contributed by atoms with Gasteiger partial charge < -0.3 is 20.9 Å². The zero-order chi connectivity index (χ0) is 24.8. The molecule has 0 aliphatic heterocycles. The molecule has 0 aliphatic carbocycles. The number of anilines is 1. The molecule has 3 atom stereocenters. The van der Waals surface area contributed by atoms with E-state index in [0.29, 0.717) is 10.7 Å². The number of likely N-dealkylation sites (N-methyl/N-ethyl adjacent to an activating group) is 2. The summed E-state index contributed by atoms with van der Waals surface area (Å²) < 4.78 is 3.39. The van der Waals surface area contributed by atoms with Crippen LogP contribution in [0, 0.1) is 0 Å². The molecule has 9 nitrogen and oxygen atoms in total. The number of hydrogen-bond acceptors (Lipinski definition) is 8. The van der Waals surface area contributed by atoms with Crippen LogP contribution >= 0.6 is 23.3 Å². The average molecular weight is 493 g/mol. The molecule has 0 radical (unpaired) electrons. The van der Waals surface area contributed by atoms with Crippen molar-refractivity contribution in [1.82, 2.24) is 25.1 Å². The number of aromatic nitrogens is 2. The van der Waals surface area contributed by atoms with Gasteiger partial charge in [-0.05, 0) is 41.0 Å². The van der Waals surface area contributed by atoms with Gasteiger partial charge in [-0.25, -0.2) is 0 Å². The molecule has 11 heteroatoms. The van der Waals surface area contributed by atoms with Gasteiger partial charge in [-0.3, -0.25) is 14.4 Å². The number of amides is 3. The fourth-order valence-electron chi connectivity index (χ4n) is 3.27. The number of carbonyl (C=O) groups is 3. The molecule has 0 saturated carbocycles. The van der Waals surface area contributed by atoms with Gasteiger partial charge in [-0.1, -0.05) is 34.8 Å². The SMILES string of the molecule is CN[C@@H](C)C(=O)N[C@@H](C)C(=O)N(C)[C@H](C(=O)Nc1snnc1-c1ccccc1)C(C)(C)SC. The lowest BCUT2D eigenvalue weighted by molar-refractivity contribution is -0.140. The van der Waals surface area contributed by atoms with Crippen molar-refractivity contribution in [3.63, 3.8) is 0 Å². The third kappa shape index (κ3) is 6.52. The summed E-state index contributed by atoms with van der Waals surface area (Å²) in [5.41, 5.74) is 1.41. The Bertz CT molecular complexity index is 966. The Hall–Kier alpha value is -2.50. The first-order valence-electron chi connectivity index (χ1n) is 10.5. The smallest absolute Gasteiger partial charge is 0.249 e. The normalized spacial score (nSPS) is 14.2. The number of benzene rings is 1. The number of thioether (sulfide) groups is 1. The summed E-state index contributed by atoms with van der Waals surface area (Å²) in [6.07, 6.45) is 1.89. The number of rotatable bonds is 10. The fraction of sp³-hybridized carbons (Fsp3) is 0.500. The topological polar surface area (TPSA) is 116 Å². The van der Waals surface area contributed by atoms with Gasteiger partial charge >= 0.3 is 0 Å². The van der Waals surface area contributed by atoms with Gasteiger partial charge in [-0.15, -0.1) is 5.10 Å². The van der Waals surface area contributed by atoms with E-state index in [-0.39, 0.29) is 17.7 Å². The predicted octanol–water partition coefficient (Wildman–Crippen LogP) is 2.22. The second-order valence-corrected chi connectivity index (χ2v) is 10.4. The molecule has 1 aromatic carbocycles. The minimum Gasteiger partial charge on any atom is -0.343 e. The van der Waals surface area contributed by atoms with Crippen molar-refractivity contribution >= 4 is 46.0 Å². The van der Waals surface area contributed by atoms with E-state index in [1.807, 2.05) is 50.4 Å². The Morgan fingerprint density at radius 3 is 2.30 bits per heavy atom. The molecular formula is C22H32N6O3S2. The van der Waals surface area contributed by atoms with Crippen LogP contribution in [0.3, 0.4) is 0 Å². The Labute approximate surface area is 203 Å². The van der Waals surface area contributed by atoms with Crippen molar-refractivity contribution in [2.45, 2.75) is 50.6 Å². The van der Waals surface area contributed by atoms with Gasteiger partial charge in [0.05, 0.1) is 6.04 Å². The van der Waals surface area contributed by atoms with Gasteiger partial charge in [0, 0.05) is 28.9 Å². The van der Waals surface area contributed by atoms with Crippen molar-refractivity contribution in [1.29, 1.82) is 0 Å². The first-order chi connectivity index (χ1) is 15.5. The van der Waals surface area contributed by atoms with Crippen LogP contribution in [0.4, 0.5) is 5.00 Å². The molecule has 3 amide bonds. The zero-order valence-corrected chi connectivity index (χ0v) is 21.6. The minimum atomic E-state index is -0.813. The third-order valence-corrected chi connectivity index (χ3v) is 7.41. The largest absolute Gasteiger partial charge is 0.343 e. The first kappa shape index (κ1) is 26.7. The molecular weight excluding hydrogens is 460 g/mol. The van der Waals surface area contributed by atoms with Crippen molar-refractivity contribution in [3.05, 3.63) is 30.3 Å². The van der Waals surface area contributed by atoms with Gasteiger partial charge in [0.1, 0.15) is 22.8 Å². The monoisotopic (exact) mass is 492 g/mol. The van der Waals surface area contributed by atoms with Gasteiger partial charge in [0.2, 0.25) is 17.7 Å². The molecule has 0 saturated heterocycles. The van der Waals surface area contributed by atoms with E-state index >= 15 is 0 Å². The number of nitrogens with one attached hydrogen (secondary N) is 3. The van der Waals surface area contributed by atoms with E-state index in [9.17, 15) is 14.4 Å². The third-order valence-electron chi connectivity index (χ3n) is 5.50. The van der Waals surface area contributed by atoms with Crippen LogP contribution in [0.2, 0.25) is 0 Å². The fourth-order valence-corrected chi connectivity index (χ4v) is 4.36. The Morgan fingerprint density at radius 1 is 1.09 bits per heavy atom. The standard InChI is InChI=1S/C22H32N6O3S2/c1-13(23-5)18(29)24-14(2)21(31)28(6)17(22(3,4)32-7)19(30)25-20-16(26-27-33-20)15-11-9-8-10-12-15/h8-14,17,23H,1-7H3,(H,24,29)(H,25,30)/t13-,14-,17+/m0/s1. The van der Waals surface area contributed by atoms with E-state index in [1.54, 1.807) is 27.9 Å². The molecule has 0 bridgehead atoms. The Morgan fingerprint density at radius 2 is 1.73 bits per heavy atom. The van der Waals surface area contributed by atoms with Gasteiger partial charge in [-0.2, -0.15) is 11.8 Å². The highest BCUT2D eigenvalue weighted by molar-refractivity contribution is 8.00. The number of nitrogens with zero attached hydrogens (tertiary/aromatic N) is 3. The van der Waals surface area contributed by atoms with Crippen LogP contribution in [0.25, 0.3) is 11.3 Å². The van der Waals surface area contributed by atoms with Crippen LogP contribution in [-0.2, 0) is 14.4 Å². The minimum absolute atomic E-state index is 0.292. The lowest BCUT2D eigenvalue weighted by Gasteiger charge is -2.39. The zero-order valence-electron chi connectivity index (χ0n) is 20.0. The summed E-state index contributed by atoms with van der Waals surface area (Å²) in [5.74, 6) is -1.00. The van der Waals surface area contributed by atoms with E-state index in [0.717, 1.165) is 17.1 Å². The van der Waals surface area contributed by atoms with Crippen molar-refractivity contribution in [3.8, 4) is 11.3 Å². The molecule has 2 aromatic rings. The molecule has 0 fully saturated rings. The van der Waals surface area contributed by atoms with Crippen LogP contribution in [0.15, 0.2) is 30.3 Å². The quantitative estimate of drug-likeness (QED) is 0.466. The van der Waals surface area contributed by atoms with Crippen LogP contribution < -0.4 is 16.0 Å². The molecule has 1 heterocycles. The number of hydrogen-bond donors (Lipinski definition) is 3. The maximum atomic E-state index is 13.5. The Balaban J connectivity index is 2.26. The first-order valence-corrected chi connectivity index (χ1v) is 12.5. The highest BCUT2D eigenvalue weighted by Crippen LogP contribution is 2.33. The van der Waals surface area contributed by atoms with Gasteiger partial charge in [0.25, 0.3) is 0 Å². The van der Waals surface area contributed by atoms with Crippen molar-refractivity contribution in [2.24, 2.45) is 0 Å². The molecule has 33 heavy (non-hydrogen) atoms. The van der Waals surface area contributed by atoms with E-state index < -0.39 is 22.9 Å². The summed E-state index contributed by atoms with van der Waals surface area (Å²) in [7, 11) is 3.25. The maximum Gasteiger partial charge on any atom is 0.249 e. The average Bonchev–Trinajstić information content (AvgIpc) is 3.26. The van der Waals surface area contributed by atoms with Crippen molar-refractivity contribution < 1.29 is 14.4 Å². The summed E-state index contributed by atoms with van der Waals surface area (Å²) in [4.78, 5) is 40.3. The molecule has 2 rings (SSSR count). The van der Waals surface area contributed by atoms with Crippen molar-refractivity contribution in [2.75, 3.05) is 25.7 Å². The second kappa shape index (κ2) is 11.6. The van der Waals surface area contributed by atoms with E-state index in [1.165, 1.54) is 16.7 Å². The van der Waals surface area contributed by atoms with Gasteiger partial charge in [0.15, 0.2) is 0 Å². The number of carbonyl (C=O) groups excluding carboxylic acids is 3. The lowest BCUT2D eigenvalue weighted by Crippen LogP contribution is -2.59. The maximum absolute atomic E-state index is 13.5. The lowest BCUT2D eigenvalue weighted by atomic mass is 9.99. The van der Waals surface area contributed by atoms with Crippen LogP contribution in [0.1, 0.15) is 27.7 Å². The molecule has 3 N–H and O–H groups in total. The van der Waals surface area contributed by atoms with E-state index in [4.69, 9.17) is 0 Å². The van der Waals surface area contributed by atoms with Crippen LogP contribution in [0.5, 0.6) is 0 Å². The molecule has 0 aliphatic rings. The summed E-state index contributed by atoms with van der Waals surface area (Å²) >= 11 is 2.56. The van der Waals surface area contributed by atoms with E-state index in [2.05, 4.69) is 25.5 Å². The Kier molecular flexibility index (Phi) is 9.38. The highest BCUT2D eigenvalue weighted by Gasteiger charge is 2.41. The highest BCUT2D eigenvalue weighted by atomic mass is 32.2. The predicted molar refractivity (Wildman–Crippen MR) is 134 cm³/mol. The molecule has 0 spiro atoms. The second-order valence-electron chi connectivity index (χ2n) is 8.21. The van der Waals surface area contributed by atoms with Crippen LogP contribution in [-0.4, -0.2) is 75.4 Å². The molecule has 1 aromatic heterocycles. The summed E-state index contributed by atoms with van der Waals surface area (Å²) in [6.45, 7) is 7.12. The summed E-state index contributed by atoms with van der Waals surface area (Å²) in [6, 6.07) is 7.40.